The Morgan fingerprint density at radius 1 is 1.19 bits per heavy atom. The summed E-state index contributed by atoms with van der Waals surface area (Å²) >= 11 is 1.37. The lowest BCUT2D eigenvalue weighted by atomic mass is 10.2. The van der Waals surface area contributed by atoms with Crippen LogP contribution in [0.5, 0.6) is 0 Å². The average Bonchev–Trinajstić information content (AvgIpc) is 3.26. The SMILES string of the molecule is Cc1ccc(NC(=O)N2CCC[C@H]2C(=O)Nc2nnc(C(C)C)s2)cc1. The number of likely N-dealkylation sites (tertiary alicyclic amines) is 1. The maximum Gasteiger partial charge on any atom is 0.322 e. The molecule has 7 nitrogen and oxygen atoms in total. The van der Waals surface area contributed by atoms with E-state index >= 15 is 0 Å². The lowest BCUT2D eigenvalue weighted by Crippen LogP contribution is -2.45. The van der Waals surface area contributed by atoms with Gasteiger partial charge in [-0.05, 0) is 31.9 Å². The molecule has 8 heteroatoms. The number of benzene rings is 1. The summed E-state index contributed by atoms with van der Waals surface area (Å²) in [4.78, 5) is 26.8. The van der Waals surface area contributed by atoms with Crippen molar-refractivity contribution in [1.82, 2.24) is 15.1 Å². The van der Waals surface area contributed by atoms with Crippen molar-refractivity contribution in [2.24, 2.45) is 0 Å². The Morgan fingerprint density at radius 2 is 1.92 bits per heavy atom. The molecule has 2 heterocycles. The van der Waals surface area contributed by atoms with Crippen LogP contribution >= 0.6 is 11.3 Å². The molecular weight excluding hydrogens is 350 g/mol. The molecule has 0 unspecified atom stereocenters. The number of aromatic nitrogens is 2. The first-order valence-corrected chi connectivity index (χ1v) is 9.54. The molecule has 3 amide bonds. The van der Waals surface area contributed by atoms with Crippen LogP contribution < -0.4 is 10.6 Å². The first-order valence-electron chi connectivity index (χ1n) is 8.72. The number of rotatable bonds is 4. The summed E-state index contributed by atoms with van der Waals surface area (Å²) in [6.07, 6.45) is 1.44. The number of amides is 3. The highest BCUT2D eigenvalue weighted by molar-refractivity contribution is 7.15. The van der Waals surface area contributed by atoms with Crippen molar-refractivity contribution in [1.29, 1.82) is 0 Å². The molecule has 0 saturated carbocycles. The topological polar surface area (TPSA) is 87.2 Å². The number of urea groups is 1. The fourth-order valence-electron chi connectivity index (χ4n) is 2.82. The monoisotopic (exact) mass is 373 g/mol. The molecule has 2 aromatic rings. The number of nitrogens with one attached hydrogen (secondary N) is 2. The second-order valence-corrected chi connectivity index (χ2v) is 7.75. The number of carbonyl (C=O) groups excluding carboxylic acids is 2. The van der Waals surface area contributed by atoms with Crippen molar-refractivity contribution in [3.63, 3.8) is 0 Å². The zero-order chi connectivity index (χ0) is 18.7. The molecule has 138 valence electrons. The van der Waals surface area contributed by atoms with Gasteiger partial charge in [-0.15, -0.1) is 10.2 Å². The highest BCUT2D eigenvalue weighted by atomic mass is 32.1. The fourth-order valence-corrected chi connectivity index (χ4v) is 3.57. The minimum absolute atomic E-state index is 0.215. The number of anilines is 2. The average molecular weight is 373 g/mol. The lowest BCUT2D eigenvalue weighted by molar-refractivity contribution is -0.119. The second kappa shape index (κ2) is 7.82. The molecule has 2 N–H and O–H groups in total. The van der Waals surface area contributed by atoms with Crippen molar-refractivity contribution in [2.75, 3.05) is 17.2 Å². The van der Waals surface area contributed by atoms with Gasteiger partial charge in [-0.3, -0.25) is 10.1 Å². The molecule has 1 aromatic heterocycles. The van der Waals surface area contributed by atoms with E-state index in [1.807, 2.05) is 45.0 Å². The largest absolute Gasteiger partial charge is 0.322 e. The molecule has 1 aliphatic heterocycles. The van der Waals surface area contributed by atoms with Gasteiger partial charge < -0.3 is 10.2 Å². The van der Waals surface area contributed by atoms with Gasteiger partial charge in [0, 0.05) is 18.2 Å². The van der Waals surface area contributed by atoms with Crippen molar-refractivity contribution in [3.05, 3.63) is 34.8 Å². The Bertz CT molecular complexity index is 787. The first-order chi connectivity index (χ1) is 12.4. The summed E-state index contributed by atoms with van der Waals surface area (Å²) in [5.74, 6) is 0.0504. The number of aryl methyl sites for hydroxylation is 1. The lowest BCUT2D eigenvalue weighted by Gasteiger charge is -2.23. The Labute approximate surface area is 156 Å². The smallest absolute Gasteiger partial charge is 0.312 e. The Kier molecular flexibility index (Phi) is 5.51. The van der Waals surface area contributed by atoms with Gasteiger partial charge in [0.05, 0.1) is 0 Å². The van der Waals surface area contributed by atoms with E-state index in [0.29, 0.717) is 18.1 Å². The van der Waals surface area contributed by atoms with Gasteiger partial charge in [0.1, 0.15) is 11.0 Å². The van der Waals surface area contributed by atoms with Gasteiger partial charge in [-0.1, -0.05) is 42.9 Å². The van der Waals surface area contributed by atoms with Crippen LogP contribution in [0.2, 0.25) is 0 Å². The van der Waals surface area contributed by atoms with E-state index < -0.39 is 6.04 Å². The minimum Gasteiger partial charge on any atom is -0.312 e. The molecule has 0 radical (unpaired) electrons. The predicted molar refractivity (Wildman–Crippen MR) is 103 cm³/mol. The Balaban J connectivity index is 1.63. The van der Waals surface area contributed by atoms with Crippen LogP contribution in [0, 0.1) is 6.92 Å². The van der Waals surface area contributed by atoms with Gasteiger partial charge in [-0.25, -0.2) is 4.79 Å². The molecule has 1 saturated heterocycles. The molecule has 0 bridgehead atoms. The van der Waals surface area contributed by atoms with E-state index in [1.54, 1.807) is 4.90 Å². The quantitative estimate of drug-likeness (QED) is 0.857. The van der Waals surface area contributed by atoms with E-state index in [1.165, 1.54) is 11.3 Å². The third-order valence-corrected chi connectivity index (χ3v) is 5.42. The van der Waals surface area contributed by atoms with E-state index in [-0.39, 0.29) is 17.9 Å². The minimum atomic E-state index is -0.494. The fraction of sp³-hybridized carbons (Fsp3) is 0.444. The van der Waals surface area contributed by atoms with Gasteiger partial charge >= 0.3 is 6.03 Å². The predicted octanol–water partition coefficient (Wildman–Crippen LogP) is 3.60. The Hall–Kier alpha value is -2.48. The van der Waals surface area contributed by atoms with Crippen LogP contribution in [0.3, 0.4) is 0 Å². The molecule has 0 spiro atoms. The third kappa shape index (κ3) is 4.19. The summed E-state index contributed by atoms with van der Waals surface area (Å²) in [5.41, 5.74) is 1.84. The summed E-state index contributed by atoms with van der Waals surface area (Å²) in [7, 11) is 0. The summed E-state index contributed by atoms with van der Waals surface area (Å²) in [6, 6.07) is 6.83. The number of hydrogen-bond donors (Lipinski definition) is 2. The number of nitrogens with zero attached hydrogens (tertiary/aromatic N) is 3. The van der Waals surface area contributed by atoms with Gasteiger partial charge in [-0.2, -0.15) is 0 Å². The molecule has 26 heavy (non-hydrogen) atoms. The van der Waals surface area contributed by atoms with Crippen molar-refractivity contribution < 1.29 is 9.59 Å². The number of carbonyl (C=O) groups is 2. The highest BCUT2D eigenvalue weighted by Gasteiger charge is 2.34. The molecule has 0 aliphatic carbocycles. The maximum atomic E-state index is 12.6. The second-order valence-electron chi connectivity index (χ2n) is 6.74. The molecule has 1 aliphatic rings. The van der Waals surface area contributed by atoms with Gasteiger partial charge in [0.2, 0.25) is 11.0 Å². The Morgan fingerprint density at radius 3 is 2.58 bits per heavy atom. The van der Waals surface area contributed by atoms with E-state index in [2.05, 4.69) is 20.8 Å². The van der Waals surface area contributed by atoms with E-state index in [9.17, 15) is 9.59 Å². The van der Waals surface area contributed by atoms with Gasteiger partial charge in [0.15, 0.2) is 0 Å². The molecule has 1 atom stereocenters. The number of hydrogen-bond acceptors (Lipinski definition) is 5. The summed E-state index contributed by atoms with van der Waals surface area (Å²) in [5, 5.41) is 15.1. The zero-order valence-corrected chi connectivity index (χ0v) is 16.0. The summed E-state index contributed by atoms with van der Waals surface area (Å²) < 4.78 is 0. The van der Waals surface area contributed by atoms with Crippen LogP contribution in [-0.2, 0) is 4.79 Å². The van der Waals surface area contributed by atoms with Crippen LogP contribution in [-0.4, -0.2) is 39.6 Å². The highest BCUT2D eigenvalue weighted by Crippen LogP contribution is 2.25. The van der Waals surface area contributed by atoms with E-state index in [4.69, 9.17) is 0 Å². The molecule has 3 rings (SSSR count). The standard InChI is InChI=1S/C18H23N5O2S/c1-11(2)16-21-22-17(26-16)20-15(24)14-5-4-10-23(14)18(25)19-13-8-6-12(3)7-9-13/h6-9,11,14H,4-5,10H2,1-3H3,(H,19,25)(H,20,22,24)/t14-/m0/s1. The molecule has 1 aromatic carbocycles. The first kappa shape index (κ1) is 18.3. The van der Waals surface area contributed by atoms with Crippen LogP contribution in [0.4, 0.5) is 15.6 Å². The van der Waals surface area contributed by atoms with Crippen LogP contribution in [0.25, 0.3) is 0 Å². The van der Waals surface area contributed by atoms with Gasteiger partial charge in [0.25, 0.3) is 0 Å². The zero-order valence-electron chi connectivity index (χ0n) is 15.2. The maximum absolute atomic E-state index is 12.6. The third-order valence-electron chi connectivity index (χ3n) is 4.28. The molecule has 1 fully saturated rings. The van der Waals surface area contributed by atoms with Crippen LogP contribution in [0.15, 0.2) is 24.3 Å². The van der Waals surface area contributed by atoms with Crippen molar-refractivity contribution in [2.45, 2.75) is 45.6 Å². The van der Waals surface area contributed by atoms with Crippen molar-refractivity contribution >= 4 is 34.1 Å². The van der Waals surface area contributed by atoms with Crippen molar-refractivity contribution in [3.8, 4) is 0 Å². The molecular formula is C18H23N5O2S. The summed E-state index contributed by atoms with van der Waals surface area (Å²) in [6.45, 7) is 6.61. The van der Waals surface area contributed by atoms with E-state index in [0.717, 1.165) is 22.7 Å². The normalized spacial score (nSPS) is 16.8. The van der Waals surface area contributed by atoms with Crippen LogP contribution in [0.1, 0.15) is 43.2 Å².